The number of aromatic nitrogens is 3. The van der Waals surface area contributed by atoms with Crippen LogP contribution < -0.4 is 0 Å². The fraction of sp³-hybridized carbons (Fsp3) is 0.643. The lowest BCUT2D eigenvalue weighted by Crippen LogP contribution is -2.37. The molecule has 2 fully saturated rings. The van der Waals surface area contributed by atoms with E-state index in [1.807, 2.05) is 6.92 Å². The standard InChI is InChI=1S/C14H18N4O2S/c1-9-8-21-14(15-9)11-6-18(4-5-19-11)7-12-16-13(17-20-12)10-2-3-10/h8,10-11H,2-7H2,1H3. The Labute approximate surface area is 127 Å². The van der Waals surface area contributed by atoms with Crippen LogP contribution in [0.25, 0.3) is 0 Å². The van der Waals surface area contributed by atoms with Crippen LogP contribution in [0.15, 0.2) is 9.90 Å². The highest BCUT2D eigenvalue weighted by atomic mass is 32.1. The summed E-state index contributed by atoms with van der Waals surface area (Å²) in [6, 6.07) is 0. The van der Waals surface area contributed by atoms with Crippen LogP contribution in [-0.2, 0) is 11.3 Å². The minimum absolute atomic E-state index is 0.0586. The van der Waals surface area contributed by atoms with E-state index in [0.29, 0.717) is 25.0 Å². The summed E-state index contributed by atoms with van der Waals surface area (Å²) in [5.74, 6) is 2.14. The van der Waals surface area contributed by atoms with Crippen molar-refractivity contribution < 1.29 is 9.26 Å². The van der Waals surface area contributed by atoms with E-state index in [-0.39, 0.29) is 6.10 Å². The maximum absolute atomic E-state index is 5.84. The van der Waals surface area contributed by atoms with E-state index in [1.165, 1.54) is 12.8 Å². The molecule has 4 rings (SSSR count). The molecule has 1 atom stereocenters. The Balaban J connectivity index is 1.40. The van der Waals surface area contributed by atoms with Crippen molar-refractivity contribution in [1.82, 2.24) is 20.0 Å². The Morgan fingerprint density at radius 3 is 3.05 bits per heavy atom. The van der Waals surface area contributed by atoms with Crippen molar-refractivity contribution in [3.63, 3.8) is 0 Å². The predicted molar refractivity (Wildman–Crippen MR) is 77.1 cm³/mol. The van der Waals surface area contributed by atoms with Crippen LogP contribution in [0.2, 0.25) is 0 Å². The smallest absolute Gasteiger partial charge is 0.240 e. The number of hydrogen-bond acceptors (Lipinski definition) is 7. The predicted octanol–water partition coefficient (Wildman–Crippen LogP) is 2.29. The highest BCUT2D eigenvalue weighted by Gasteiger charge is 2.30. The summed E-state index contributed by atoms with van der Waals surface area (Å²) in [5, 5.41) is 7.19. The number of ether oxygens (including phenoxy) is 1. The minimum atomic E-state index is 0.0586. The third-order valence-corrected chi connectivity index (χ3v) is 4.90. The molecule has 2 aromatic rings. The zero-order valence-corrected chi connectivity index (χ0v) is 12.8. The average Bonchev–Trinajstić information content (AvgIpc) is 3.09. The van der Waals surface area contributed by atoms with E-state index in [1.54, 1.807) is 11.3 Å². The largest absolute Gasteiger partial charge is 0.368 e. The number of hydrogen-bond donors (Lipinski definition) is 0. The van der Waals surface area contributed by atoms with Gasteiger partial charge in [-0.25, -0.2) is 4.98 Å². The molecule has 0 bridgehead atoms. The Hall–Kier alpha value is -1.31. The summed E-state index contributed by atoms with van der Waals surface area (Å²) >= 11 is 1.67. The SMILES string of the molecule is Cc1csc(C2CN(Cc3nc(C4CC4)no3)CCO2)n1. The molecule has 6 nitrogen and oxygen atoms in total. The van der Waals surface area contributed by atoms with Crippen molar-refractivity contribution in [1.29, 1.82) is 0 Å². The molecule has 0 aromatic carbocycles. The van der Waals surface area contributed by atoms with Crippen molar-refractivity contribution in [3.05, 3.63) is 27.8 Å². The molecule has 1 saturated carbocycles. The summed E-state index contributed by atoms with van der Waals surface area (Å²) in [4.78, 5) is 11.3. The number of rotatable bonds is 4. The number of nitrogens with zero attached hydrogens (tertiary/aromatic N) is 4. The highest BCUT2D eigenvalue weighted by molar-refractivity contribution is 7.09. The lowest BCUT2D eigenvalue weighted by Gasteiger charge is -2.30. The van der Waals surface area contributed by atoms with Crippen LogP contribution in [0.4, 0.5) is 0 Å². The van der Waals surface area contributed by atoms with Crippen LogP contribution in [0.5, 0.6) is 0 Å². The summed E-state index contributed by atoms with van der Waals surface area (Å²) in [6.07, 6.45) is 2.45. The van der Waals surface area contributed by atoms with Crippen molar-refractivity contribution in [2.24, 2.45) is 0 Å². The van der Waals surface area contributed by atoms with Crippen LogP contribution in [0.1, 0.15) is 47.3 Å². The molecular formula is C14H18N4O2S. The third-order valence-electron chi connectivity index (χ3n) is 3.85. The normalized spacial score (nSPS) is 23.6. The van der Waals surface area contributed by atoms with Gasteiger partial charge in [-0.3, -0.25) is 4.90 Å². The first-order chi connectivity index (χ1) is 10.3. The van der Waals surface area contributed by atoms with Gasteiger partial charge in [-0.1, -0.05) is 5.16 Å². The van der Waals surface area contributed by atoms with Gasteiger partial charge < -0.3 is 9.26 Å². The molecule has 0 N–H and O–H groups in total. The fourth-order valence-electron chi connectivity index (χ4n) is 2.55. The van der Waals surface area contributed by atoms with E-state index < -0.39 is 0 Å². The minimum Gasteiger partial charge on any atom is -0.368 e. The average molecular weight is 306 g/mol. The van der Waals surface area contributed by atoms with E-state index >= 15 is 0 Å². The van der Waals surface area contributed by atoms with Gasteiger partial charge in [0.1, 0.15) is 11.1 Å². The first-order valence-corrected chi connectivity index (χ1v) is 8.24. The Kier molecular flexibility index (Phi) is 3.48. The second kappa shape index (κ2) is 5.47. The lowest BCUT2D eigenvalue weighted by atomic mass is 10.3. The molecule has 1 saturated heterocycles. The van der Waals surface area contributed by atoms with E-state index in [2.05, 4.69) is 25.4 Å². The van der Waals surface area contributed by atoms with Crippen molar-refractivity contribution >= 4 is 11.3 Å². The zero-order valence-electron chi connectivity index (χ0n) is 12.0. The van der Waals surface area contributed by atoms with Gasteiger partial charge in [0.25, 0.3) is 0 Å². The van der Waals surface area contributed by atoms with Gasteiger partial charge in [0.15, 0.2) is 5.82 Å². The third kappa shape index (κ3) is 3.00. The Bertz CT molecular complexity index is 622. The maximum atomic E-state index is 5.84. The van der Waals surface area contributed by atoms with Gasteiger partial charge in [-0.15, -0.1) is 11.3 Å². The molecule has 0 amide bonds. The molecule has 21 heavy (non-hydrogen) atoms. The van der Waals surface area contributed by atoms with Gasteiger partial charge in [0.05, 0.1) is 13.2 Å². The molecule has 7 heteroatoms. The molecule has 1 unspecified atom stereocenters. The summed E-state index contributed by atoms with van der Waals surface area (Å²) in [5.41, 5.74) is 1.06. The molecule has 112 valence electrons. The first kappa shape index (κ1) is 13.4. The summed E-state index contributed by atoms with van der Waals surface area (Å²) < 4.78 is 11.2. The molecule has 2 aliphatic rings. The number of thiazole rings is 1. The van der Waals surface area contributed by atoms with Gasteiger partial charge in [0, 0.05) is 30.1 Å². The van der Waals surface area contributed by atoms with E-state index in [4.69, 9.17) is 9.26 Å². The highest BCUT2D eigenvalue weighted by Crippen LogP contribution is 2.38. The monoisotopic (exact) mass is 306 g/mol. The summed E-state index contributed by atoms with van der Waals surface area (Å²) in [7, 11) is 0. The Morgan fingerprint density at radius 1 is 1.38 bits per heavy atom. The van der Waals surface area contributed by atoms with Gasteiger partial charge in [-0.05, 0) is 19.8 Å². The quantitative estimate of drug-likeness (QED) is 0.863. The molecular weight excluding hydrogens is 288 g/mol. The first-order valence-electron chi connectivity index (χ1n) is 7.36. The molecule has 3 heterocycles. The van der Waals surface area contributed by atoms with Gasteiger partial charge in [-0.2, -0.15) is 4.98 Å². The maximum Gasteiger partial charge on any atom is 0.240 e. The molecule has 1 aliphatic heterocycles. The van der Waals surface area contributed by atoms with E-state index in [0.717, 1.165) is 29.6 Å². The van der Waals surface area contributed by atoms with Crippen LogP contribution in [0.3, 0.4) is 0 Å². The van der Waals surface area contributed by atoms with Crippen molar-refractivity contribution in [3.8, 4) is 0 Å². The molecule has 0 radical (unpaired) electrons. The van der Waals surface area contributed by atoms with Crippen LogP contribution in [-0.4, -0.2) is 39.7 Å². The molecule has 2 aromatic heterocycles. The van der Waals surface area contributed by atoms with Crippen molar-refractivity contribution in [2.75, 3.05) is 19.7 Å². The van der Waals surface area contributed by atoms with E-state index in [9.17, 15) is 0 Å². The molecule has 1 aliphatic carbocycles. The van der Waals surface area contributed by atoms with Crippen molar-refractivity contribution in [2.45, 2.75) is 38.3 Å². The topological polar surface area (TPSA) is 64.3 Å². The zero-order chi connectivity index (χ0) is 14.2. The van der Waals surface area contributed by atoms with Gasteiger partial charge in [0.2, 0.25) is 5.89 Å². The number of aryl methyl sites for hydroxylation is 1. The second-order valence-corrected chi connectivity index (χ2v) is 6.63. The lowest BCUT2D eigenvalue weighted by molar-refractivity contribution is -0.0357. The Morgan fingerprint density at radius 2 is 2.29 bits per heavy atom. The number of morpholine rings is 1. The molecule has 0 spiro atoms. The van der Waals surface area contributed by atoms with Crippen LogP contribution >= 0.6 is 11.3 Å². The van der Waals surface area contributed by atoms with Crippen LogP contribution in [0, 0.1) is 6.92 Å². The summed E-state index contributed by atoms with van der Waals surface area (Å²) in [6.45, 7) is 5.14. The fourth-order valence-corrected chi connectivity index (χ4v) is 3.38. The second-order valence-electron chi connectivity index (χ2n) is 5.74. The van der Waals surface area contributed by atoms with Gasteiger partial charge >= 0.3 is 0 Å².